The van der Waals surface area contributed by atoms with Crippen LogP contribution in [0.4, 0.5) is 11.8 Å². The van der Waals surface area contributed by atoms with E-state index in [1.165, 1.54) is 0 Å². The molecule has 1 aromatic carbocycles. The molecular formula is C23H30N6O2. The van der Waals surface area contributed by atoms with E-state index in [-0.39, 0.29) is 5.91 Å². The van der Waals surface area contributed by atoms with Crippen LogP contribution in [0.2, 0.25) is 0 Å². The second-order valence-electron chi connectivity index (χ2n) is 7.53. The zero-order chi connectivity index (χ0) is 21.6. The van der Waals surface area contributed by atoms with Crippen LogP contribution in [-0.2, 0) is 11.3 Å². The lowest BCUT2D eigenvalue weighted by Crippen LogP contribution is -2.38. The van der Waals surface area contributed by atoms with Gasteiger partial charge in [0.15, 0.2) is 0 Å². The van der Waals surface area contributed by atoms with Gasteiger partial charge in [-0.1, -0.05) is 26.0 Å². The van der Waals surface area contributed by atoms with Crippen LogP contribution in [0.15, 0.2) is 42.6 Å². The highest BCUT2D eigenvalue weighted by atomic mass is 16.5. The lowest BCUT2D eigenvalue weighted by molar-refractivity contribution is 0.102. The minimum Gasteiger partial charge on any atom is -0.378 e. The summed E-state index contributed by atoms with van der Waals surface area (Å²) in [7, 11) is 0. The smallest absolute Gasteiger partial charge is 0.261 e. The predicted molar refractivity (Wildman–Crippen MR) is 123 cm³/mol. The highest BCUT2D eigenvalue weighted by molar-refractivity contribution is 6.07. The van der Waals surface area contributed by atoms with Crippen LogP contribution < -0.4 is 10.2 Å². The van der Waals surface area contributed by atoms with Crippen molar-refractivity contribution < 1.29 is 9.53 Å². The Balaban J connectivity index is 1.61. The van der Waals surface area contributed by atoms with Gasteiger partial charge in [-0.15, -0.1) is 0 Å². The Kier molecular flexibility index (Phi) is 6.79. The van der Waals surface area contributed by atoms with Gasteiger partial charge in [0.25, 0.3) is 5.91 Å². The SMILES string of the molecule is CCN(CC)CCn1c(NC(=O)c2cccnc2N2CCOCC2)nc2ccccc21. The molecule has 3 aromatic rings. The Bertz CT molecular complexity index is 1020. The number of imidazole rings is 1. The second kappa shape index (κ2) is 9.89. The van der Waals surface area contributed by atoms with Gasteiger partial charge in [-0.25, -0.2) is 9.97 Å². The Hall–Kier alpha value is -2.97. The molecule has 0 aliphatic carbocycles. The third-order valence-electron chi connectivity index (χ3n) is 5.76. The molecule has 2 aromatic heterocycles. The summed E-state index contributed by atoms with van der Waals surface area (Å²) in [6.07, 6.45) is 1.72. The topological polar surface area (TPSA) is 75.5 Å². The van der Waals surface area contributed by atoms with E-state index in [2.05, 4.69) is 38.5 Å². The number of rotatable bonds is 8. The Morgan fingerprint density at radius 3 is 2.68 bits per heavy atom. The van der Waals surface area contributed by atoms with Gasteiger partial charge in [-0.2, -0.15) is 0 Å². The summed E-state index contributed by atoms with van der Waals surface area (Å²) in [4.78, 5) is 26.9. The largest absolute Gasteiger partial charge is 0.378 e. The highest BCUT2D eigenvalue weighted by Crippen LogP contribution is 2.23. The van der Waals surface area contributed by atoms with Crippen molar-refractivity contribution >= 4 is 28.7 Å². The van der Waals surface area contributed by atoms with Crippen molar-refractivity contribution in [2.45, 2.75) is 20.4 Å². The molecule has 0 spiro atoms. The maximum absolute atomic E-state index is 13.3. The summed E-state index contributed by atoms with van der Waals surface area (Å²) in [6.45, 7) is 10.7. The van der Waals surface area contributed by atoms with Crippen molar-refractivity contribution in [3.05, 3.63) is 48.2 Å². The van der Waals surface area contributed by atoms with Crippen LogP contribution in [-0.4, -0.2) is 71.3 Å². The second-order valence-corrected chi connectivity index (χ2v) is 7.53. The molecule has 1 saturated heterocycles. The monoisotopic (exact) mass is 422 g/mol. The maximum atomic E-state index is 13.3. The number of amides is 1. The molecule has 0 atom stereocenters. The number of morpholine rings is 1. The summed E-state index contributed by atoms with van der Waals surface area (Å²) in [5, 5.41) is 3.05. The van der Waals surface area contributed by atoms with E-state index in [0.29, 0.717) is 30.5 Å². The van der Waals surface area contributed by atoms with Crippen LogP contribution >= 0.6 is 0 Å². The van der Waals surface area contributed by atoms with Gasteiger partial charge in [0.1, 0.15) is 5.82 Å². The van der Waals surface area contributed by atoms with E-state index >= 15 is 0 Å². The van der Waals surface area contributed by atoms with Crippen LogP contribution in [0, 0.1) is 0 Å². The number of anilines is 2. The number of aromatic nitrogens is 3. The minimum atomic E-state index is -0.200. The number of nitrogens with zero attached hydrogens (tertiary/aromatic N) is 5. The molecule has 8 nitrogen and oxygen atoms in total. The Labute approximate surface area is 182 Å². The molecule has 0 saturated carbocycles. The van der Waals surface area contributed by atoms with Gasteiger partial charge in [0, 0.05) is 32.4 Å². The zero-order valence-electron chi connectivity index (χ0n) is 18.3. The lowest BCUT2D eigenvalue weighted by atomic mass is 10.2. The van der Waals surface area contributed by atoms with Crippen molar-refractivity contribution in [3.63, 3.8) is 0 Å². The zero-order valence-corrected chi connectivity index (χ0v) is 18.3. The maximum Gasteiger partial charge on any atom is 0.261 e. The van der Waals surface area contributed by atoms with Crippen molar-refractivity contribution in [2.24, 2.45) is 0 Å². The Morgan fingerprint density at radius 1 is 1.13 bits per heavy atom. The van der Waals surface area contributed by atoms with E-state index in [1.54, 1.807) is 12.3 Å². The van der Waals surface area contributed by atoms with Crippen molar-refractivity contribution in [1.29, 1.82) is 0 Å². The van der Waals surface area contributed by atoms with Gasteiger partial charge < -0.3 is 19.1 Å². The average Bonchev–Trinajstić information content (AvgIpc) is 3.17. The number of pyridine rings is 1. The fraction of sp³-hybridized carbons (Fsp3) is 0.435. The number of hydrogen-bond acceptors (Lipinski definition) is 6. The molecule has 1 fully saturated rings. The number of ether oxygens (including phenoxy) is 1. The van der Waals surface area contributed by atoms with E-state index in [1.807, 2.05) is 30.3 Å². The summed E-state index contributed by atoms with van der Waals surface area (Å²) < 4.78 is 7.54. The molecular weight excluding hydrogens is 392 g/mol. The fourth-order valence-electron chi connectivity index (χ4n) is 3.95. The summed E-state index contributed by atoms with van der Waals surface area (Å²) in [6, 6.07) is 11.6. The molecule has 1 aliphatic heterocycles. The molecule has 1 amide bonds. The van der Waals surface area contributed by atoms with E-state index in [0.717, 1.165) is 50.3 Å². The molecule has 4 rings (SSSR count). The number of carbonyl (C=O) groups excluding carboxylic acids is 1. The number of hydrogen-bond donors (Lipinski definition) is 1. The normalized spacial score (nSPS) is 14.4. The first kappa shape index (κ1) is 21.3. The molecule has 1 aliphatic rings. The minimum absolute atomic E-state index is 0.200. The number of carbonyl (C=O) groups is 1. The third kappa shape index (κ3) is 4.70. The molecule has 0 bridgehead atoms. The average molecular weight is 423 g/mol. The van der Waals surface area contributed by atoms with Crippen LogP contribution in [0.5, 0.6) is 0 Å². The molecule has 8 heteroatoms. The van der Waals surface area contributed by atoms with Crippen LogP contribution in [0.25, 0.3) is 11.0 Å². The fourth-order valence-corrected chi connectivity index (χ4v) is 3.95. The van der Waals surface area contributed by atoms with Gasteiger partial charge in [0.2, 0.25) is 5.95 Å². The summed E-state index contributed by atoms with van der Waals surface area (Å²) >= 11 is 0. The number of nitrogens with one attached hydrogen (secondary N) is 1. The number of para-hydroxylation sites is 2. The number of likely N-dealkylation sites (N-methyl/N-ethyl adjacent to an activating group) is 1. The first-order valence-corrected chi connectivity index (χ1v) is 11.0. The highest BCUT2D eigenvalue weighted by Gasteiger charge is 2.22. The third-order valence-corrected chi connectivity index (χ3v) is 5.76. The predicted octanol–water partition coefficient (Wildman–Crippen LogP) is 2.86. The standard InChI is InChI=1S/C23H30N6O2/c1-3-27(4-2)12-13-29-20-10-6-5-9-19(20)25-23(29)26-22(30)18-8-7-11-24-21(18)28-14-16-31-17-15-28/h5-11H,3-4,12-17H2,1-2H3,(H,25,26,30). The van der Waals surface area contributed by atoms with E-state index in [4.69, 9.17) is 9.72 Å². The lowest BCUT2D eigenvalue weighted by Gasteiger charge is -2.29. The Morgan fingerprint density at radius 2 is 1.90 bits per heavy atom. The van der Waals surface area contributed by atoms with Crippen molar-refractivity contribution in [2.75, 3.05) is 56.2 Å². The molecule has 31 heavy (non-hydrogen) atoms. The quantitative estimate of drug-likeness (QED) is 0.602. The first-order chi connectivity index (χ1) is 15.2. The number of benzene rings is 1. The van der Waals surface area contributed by atoms with Crippen molar-refractivity contribution in [1.82, 2.24) is 19.4 Å². The van der Waals surface area contributed by atoms with Gasteiger partial charge in [0.05, 0.1) is 29.8 Å². The van der Waals surface area contributed by atoms with E-state index in [9.17, 15) is 4.79 Å². The summed E-state index contributed by atoms with van der Waals surface area (Å²) in [5.74, 6) is 1.05. The van der Waals surface area contributed by atoms with Crippen molar-refractivity contribution in [3.8, 4) is 0 Å². The van der Waals surface area contributed by atoms with Gasteiger partial charge in [-0.3, -0.25) is 10.1 Å². The van der Waals surface area contributed by atoms with E-state index < -0.39 is 0 Å². The van der Waals surface area contributed by atoms with Gasteiger partial charge >= 0.3 is 0 Å². The van der Waals surface area contributed by atoms with Gasteiger partial charge in [-0.05, 0) is 37.4 Å². The summed E-state index contributed by atoms with van der Waals surface area (Å²) in [5.41, 5.74) is 2.44. The molecule has 0 unspecified atom stereocenters. The first-order valence-electron chi connectivity index (χ1n) is 11.0. The molecule has 1 N–H and O–H groups in total. The molecule has 0 radical (unpaired) electrons. The molecule has 164 valence electrons. The van der Waals surface area contributed by atoms with Crippen LogP contribution in [0.3, 0.4) is 0 Å². The number of fused-ring (bicyclic) bond motifs is 1. The van der Waals surface area contributed by atoms with Crippen LogP contribution in [0.1, 0.15) is 24.2 Å². The molecule has 3 heterocycles.